The van der Waals surface area contributed by atoms with Gasteiger partial charge in [-0.25, -0.2) is 4.79 Å². The van der Waals surface area contributed by atoms with E-state index in [2.05, 4.69) is 18.2 Å². The number of methoxy groups -OCH3 is 1. The Hall–Kier alpha value is -0.990. The molecule has 86 valence electrons. The van der Waals surface area contributed by atoms with Crippen LogP contribution in [0.15, 0.2) is 12.2 Å². The molecule has 0 aliphatic heterocycles. The monoisotopic (exact) mass is 212 g/mol. The maximum Gasteiger partial charge on any atom is 0.508 e. The van der Waals surface area contributed by atoms with E-state index in [1.165, 1.54) is 12.7 Å². The number of carbonyl (C=O) groups excluding carboxylic acids is 1. The molecule has 0 N–H and O–H groups in total. The van der Waals surface area contributed by atoms with Crippen LogP contribution in [0.4, 0.5) is 4.79 Å². The molecule has 0 bridgehead atoms. The summed E-state index contributed by atoms with van der Waals surface area (Å²) < 4.78 is 9.74. The van der Waals surface area contributed by atoms with E-state index in [1.807, 2.05) is 6.92 Å². The van der Waals surface area contributed by atoms with Crippen LogP contribution < -0.4 is 0 Å². The summed E-state index contributed by atoms with van der Waals surface area (Å²) in [6.45, 7) is 8.12. The van der Waals surface area contributed by atoms with E-state index in [-0.39, 0.29) is 6.10 Å². The molecule has 0 heterocycles. The molecule has 0 amide bonds. The van der Waals surface area contributed by atoms with Crippen LogP contribution in [-0.4, -0.2) is 19.4 Å². The van der Waals surface area contributed by atoms with Crippen molar-refractivity contribution in [1.29, 1.82) is 0 Å². The van der Waals surface area contributed by atoms with Gasteiger partial charge in [-0.3, -0.25) is 0 Å². The highest BCUT2D eigenvalue weighted by Gasteiger charge is 2.30. The van der Waals surface area contributed by atoms with Gasteiger partial charge in [-0.15, -0.1) is 0 Å². The van der Waals surface area contributed by atoms with Crippen molar-refractivity contribution in [1.82, 2.24) is 0 Å². The van der Waals surface area contributed by atoms with Gasteiger partial charge in [0.2, 0.25) is 0 Å². The van der Waals surface area contributed by atoms with Crippen LogP contribution in [-0.2, 0) is 9.47 Å². The highest BCUT2D eigenvalue weighted by atomic mass is 16.7. The molecular formula is C12H20O3. The number of carbonyl (C=O) groups is 1. The fourth-order valence-corrected chi connectivity index (χ4v) is 2.06. The van der Waals surface area contributed by atoms with Crippen molar-refractivity contribution in [2.45, 2.75) is 39.2 Å². The average molecular weight is 212 g/mol. The van der Waals surface area contributed by atoms with Gasteiger partial charge in [0, 0.05) is 0 Å². The zero-order valence-corrected chi connectivity index (χ0v) is 9.79. The van der Waals surface area contributed by atoms with Gasteiger partial charge in [0.1, 0.15) is 6.10 Å². The lowest BCUT2D eigenvalue weighted by Gasteiger charge is -2.33. The second-order valence-electron chi connectivity index (χ2n) is 4.44. The molecule has 0 aromatic heterocycles. The highest BCUT2D eigenvalue weighted by Crippen LogP contribution is 2.34. The summed E-state index contributed by atoms with van der Waals surface area (Å²) in [6, 6.07) is 0. The van der Waals surface area contributed by atoms with Crippen LogP contribution in [0.2, 0.25) is 0 Å². The molecule has 1 saturated carbocycles. The summed E-state index contributed by atoms with van der Waals surface area (Å²) in [5.41, 5.74) is 1.18. The third kappa shape index (κ3) is 3.26. The van der Waals surface area contributed by atoms with Crippen LogP contribution >= 0.6 is 0 Å². The number of rotatable bonds is 2. The molecule has 1 rings (SSSR count). The lowest BCUT2D eigenvalue weighted by Crippen LogP contribution is -2.32. The fraction of sp³-hybridized carbons (Fsp3) is 0.750. The smallest absolute Gasteiger partial charge is 0.438 e. The molecule has 0 radical (unpaired) electrons. The Bertz CT molecular complexity index is 247. The lowest BCUT2D eigenvalue weighted by atomic mass is 9.78. The molecular weight excluding hydrogens is 192 g/mol. The molecule has 0 aromatic carbocycles. The third-order valence-electron chi connectivity index (χ3n) is 3.23. The summed E-state index contributed by atoms with van der Waals surface area (Å²) >= 11 is 0. The molecule has 3 atom stereocenters. The van der Waals surface area contributed by atoms with Gasteiger partial charge in [0.25, 0.3) is 0 Å². The Labute approximate surface area is 91.4 Å². The average Bonchev–Trinajstić information content (AvgIpc) is 2.20. The van der Waals surface area contributed by atoms with E-state index >= 15 is 0 Å². The third-order valence-corrected chi connectivity index (χ3v) is 3.23. The largest absolute Gasteiger partial charge is 0.508 e. The Kier molecular flexibility index (Phi) is 4.18. The predicted molar refractivity (Wildman–Crippen MR) is 58.6 cm³/mol. The van der Waals surface area contributed by atoms with Gasteiger partial charge in [-0.1, -0.05) is 19.1 Å². The zero-order chi connectivity index (χ0) is 11.4. The molecule has 0 saturated heterocycles. The summed E-state index contributed by atoms with van der Waals surface area (Å²) in [6.07, 6.45) is 2.52. The molecule has 3 nitrogen and oxygen atoms in total. The molecule has 0 spiro atoms. The molecule has 1 aliphatic rings. The molecule has 0 aromatic rings. The van der Waals surface area contributed by atoms with Gasteiger partial charge >= 0.3 is 6.16 Å². The van der Waals surface area contributed by atoms with Gasteiger partial charge < -0.3 is 9.47 Å². The first-order chi connectivity index (χ1) is 7.04. The van der Waals surface area contributed by atoms with Gasteiger partial charge in [-0.05, 0) is 38.0 Å². The fourth-order valence-electron chi connectivity index (χ4n) is 2.06. The van der Waals surface area contributed by atoms with Crippen molar-refractivity contribution < 1.29 is 14.3 Å². The SMILES string of the molecule is C=C(C)[C@@H]1CCC(C)[C@@H](OC(=O)OC)C1. The summed E-state index contributed by atoms with van der Waals surface area (Å²) in [7, 11) is 1.34. The van der Waals surface area contributed by atoms with Crippen molar-refractivity contribution in [3.8, 4) is 0 Å². The number of hydrogen-bond acceptors (Lipinski definition) is 3. The van der Waals surface area contributed by atoms with Crippen LogP contribution in [0.5, 0.6) is 0 Å². The highest BCUT2D eigenvalue weighted by molar-refractivity contribution is 5.59. The van der Waals surface area contributed by atoms with E-state index in [0.29, 0.717) is 11.8 Å². The quantitative estimate of drug-likeness (QED) is 0.521. The Morgan fingerprint density at radius 2 is 2.07 bits per heavy atom. The van der Waals surface area contributed by atoms with Crippen molar-refractivity contribution in [3.05, 3.63) is 12.2 Å². The number of allylic oxidation sites excluding steroid dienone is 1. The summed E-state index contributed by atoms with van der Waals surface area (Å²) in [5, 5.41) is 0. The summed E-state index contributed by atoms with van der Waals surface area (Å²) in [4.78, 5) is 11.0. The number of ether oxygens (including phenoxy) is 2. The molecule has 1 aliphatic carbocycles. The second-order valence-corrected chi connectivity index (χ2v) is 4.44. The molecule has 3 heteroatoms. The first-order valence-electron chi connectivity index (χ1n) is 5.44. The van der Waals surface area contributed by atoms with Crippen molar-refractivity contribution >= 4 is 6.16 Å². The maximum atomic E-state index is 11.0. The van der Waals surface area contributed by atoms with E-state index in [0.717, 1.165) is 19.3 Å². The molecule has 1 unspecified atom stereocenters. The van der Waals surface area contributed by atoms with E-state index < -0.39 is 6.16 Å². The molecule has 1 fully saturated rings. The standard InChI is InChI=1S/C12H20O3/c1-8(2)10-6-5-9(3)11(7-10)15-12(13)14-4/h9-11H,1,5-7H2,2-4H3/t9?,10-,11+/m1/s1. The van der Waals surface area contributed by atoms with E-state index in [1.54, 1.807) is 0 Å². The Morgan fingerprint density at radius 3 is 2.60 bits per heavy atom. The maximum absolute atomic E-state index is 11.0. The second kappa shape index (κ2) is 5.19. The zero-order valence-electron chi connectivity index (χ0n) is 9.79. The summed E-state index contributed by atoms with van der Waals surface area (Å²) in [5.74, 6) is 0.899. The minimum absolute atomic E-state index is 0.0205. The van der Waals surface area contributed by atoms with Gasteiger partial charge in [-0.2, -0.15) is 0 Å². The van der Waals surface area contributed by atoms with Gasteiger partial charge in [0.05, 0.1) is 7.11 Å². The minimum Gasteiger partial charge on any atom is -0.438 e. The van der Waals surface area contributed by atoms with Crippen molar-refractivity contribution in [3.63, 3.8) is 0 Å². The van der Waals surface area contributed by atoms with Gasteiger partial charge in [0.15, 0.2) is 0 Å². The van der Waals surface area contributed by atoms with Crippen LogP contribution in [0.25, 0.3) is 0 Å². The van der Waals surface area contributed by atoms with E-state index in [9.17, 15) is 4.79 Å². The lowest BCUT2D eigenvalue weighted by molar-refractivity contribution is -0.00687. The van der Waals surface area contributed by atoms with Crippen molar-refractivity contribution in [2.75, 3.05) is 7.11 Å². The van der Waals surface area contributed by atoms with Crippen LogP contribution in [0.1, 0.15) is 33.1 Å². The van der Waals surface area contributed by atoms with E-state index in [4.69, 9.17) is 4.74 Å². The minimum atomic E-state index is -0.575. The first kappa shape index (κ1) is 12.1. The Morgan fingerprint density at radius 1 is 1.40 bits per heavy atom. The molecule has 15 heavy (non-hydrogen) atoms. The Balaban J connectivity index is 2.53. The van der Waals surface area contributed by atoms with Crippen LogP contribution in [0.3, 0.4) is 0 Å². The van der Waals surface area contributed by atoms with Crippen LogP contribution in [0, 0.1) is 11.8 Å². The topological polar surface area (TPSA) is 35.5 Å². The number of hydrogen-bond donors (Lipinski definition) is 0. The predicted octanol–water partition coefficient (Wildman–Crippen LogP) is 3.15. The van der Waals surface area contributed by atoms with Crippen molar-refractivity contribution in [2.24, 2.45) is 11.8 Å². The first-order valence-corrected chi connectivity index (χ1v) is 5.44. The normalized spacial score (nSPS) is 30.7.